The smallest absolute Gasteiger partial charge is 0.190 e. The summed E-state index contributed by atoms with van der Waals surface area (Å²) in [5, 5.41) is 20.9. The maximum atomic E-state index is 14.3. The van der Waals surface area contributed by atoms with Gasteiger partial charge in [0.1, 0.15) is 23.0 Å². The van der Waals surface area contributed by atoms with Gasteiger partial charge in [-0.25, -0.2) is 13.8 Å². The molecule has 0 bridgehead atoms. The molecule has 0 saturated heterocycles. The summed E-state index contributed by atoms with van der Waals surface area (Å²) in [6, 6.07) is 9.94. The van der Waals surface area contributed by atoms with Crippen molar-refractivity contribution >= 4 is 5.82 Å². The number of nitrogen functional groups attached to an aromatic ring is 1. The van der Waals surface area contributed by atoms with Crippen molar-refractivity contribution < 1.29 is 18.6 Å². The number of phenols is 1. The fourth-order valence-corrected chi connectivity index (χ4v) is 2.89. The molecule has 4 rings (SSSR count). The van der Waals surface area contributed by atoms with E-state index in [4.69, 9.17) is 10.5 Å². The molecule has 0 radical (unpaired) electrons. The molecule has 29 heavy (non-hydrogen) atoms. The zero-order valence-corrected chi connectivity index (χ0v) is 15.0. The van der Waals surface area contributed by atoms with E-state index in [0.29, 0.717) is 22.4 Å². The van der Waals surface area contributed by atoms with Crippen LogP contribution in [0.25, 0.3) is 28.2 Å². The van der Waals surface area contributed by atoms with Gasteiger partial charge in [-0.15, -0.1) is 5.10 Å². The van der Waals surface area contributed by atoms with Crippen LogP contribution >= 0.6 is 0 Å². The molecule has 3 N–H and O–H groups in total. The van der Waals surface area contributed by atoms with Gasteiger partial charge in [-0.2, -0.15) is 4.68 Å². The van der Waals surface area contributed by atoms with E-state index in [2.05, 4.69) is 20.5 Å². The van der Waals surface area contributed by atoms with Crippen LogP contribution in [-0.2, 0) is 0 Å². The number of pyridine rings is 1. The van der Waals surface area contributed by atoms with Gasteiger partial charge in [0.05, 0.1) is 12.7 Å². The van der Waals surface area contributed by atoms with Crippen molar-refractivity contribution in [3.63, 3.8) is 0 Å². The second kappa shape index (κ2) is 7.15. The van der Waals surface area contributed by atoms with Gasteiger partial charge in [0.25, 0.3) is 0 Å². The Morgan fingerprint density at radius 2 is 1.93 bits per heavy atom. The molecule has 146 valence electrons. The zero-order valence-electron chi connectivity index (χ0n) is 15.0. The fraction of sp³-hybridized carbons (Fsp3) is 0.0526. The number of methoxy groups -OCH3 is 1. The number of hydrogen-bond acceptors (Lipinski definition) is 7. The summed E-state index contributed by atoms with van der Waals surface area (Å²) < 4.78 is 34.3. The number of tetrazole rings is 1. The lowest BCUT2D eigenvalue weighted by atomic mass is 10.0. The van der Waals surface area contributed by atoms with Crippen molar-refractivity contribution in [1.82, 2.24) is 25.2 Å². The van der Waals surface area contributed by atoms with Gasteiger partial charge >= 0.3 is 0 Å². The van der Waals surface area contributed by atoms with Crippen LogP contribution in [0.5, 0.6) is 11.5 Å². The number of hydrogen-bond donors (Lipinski definition) is 2. The Morgan fingerprint density at radius 1 is 1.10 bits per heavy atom. The lowest BCUT2D eigenvalue weighted by Crippen LogP contribution is -2.06. The van der Waals surface area contributed by atoms with E-state index in [-0.39, 0.29) is 23.1 Å². The van der Waals surface area contributed by atoms with Crippen LogP contribution in [0.2, 0.25) is 0 Å². The molecule has 2 aromatic heterocycles. The second-order valence-corrected chi connectivity index (χ2v) is 6.03. The van der Waals surface area contributed by atoms with Crippen LogP contribution in [-0.4, -0.2) is 37.4 Å². The summed E-state index contributed by atoms with van der Waals surface area (Å²) in [5.74, 6) is -1.49. The Bertz CT molecular complexity index is 1210. The van der Waals surface area contributed by atoms with Gasteiger partial charge in [0.15, 0.2) is 17.5 Å². The number of nitrogens with zero attached hydrogens (tertiary/aromatic N) is 5. The molecular formula is C19H14F2N6O2. The molecule has 0 aliphatic carbocycles. The van der Waals surface area contributed by atoms with Crippen molar-refractivity contribution in [2.24, 2.45) is 0 Å². The zero-order chi connectivity index (χ0) is 20.5. The monoisotopic (exact) mass is 396 g/mol. The van der Waals surface area contributed by atoms with Gasteiger partial charge in [0, 0.05) is 23.4 Å². The minimum absolute atomic E-state index is 0.0414. The van der Waals surface area contributed by atoms with Crippen molar-refractivity contribution in [2.75, 3.05) is 12.8 Å². The highest BCUT2D eigenvalue weighted by Gasteiger charge is 2.20. The number of nitrogens with two attached hydrogens (primary N) is 1. The van der Waals surface area contributed by atoms with Crippen LogP contribution < -0.4 is 10.5 Å². The Morgan fingerprint density at radius 3 is 2.72 bits per heavy atom. The number of aromatic hydroxyl groups is 1. The molecule has 0 aliphatic heterocycles. The Balaban J connectivity index is 1.88. The molecule has 0 atom stereocenters. The van der Waals surface area contributed by atoms with Gasteiger partial charge < -0.3 is 15.6 Å². The molecule has 8 nitrogen and oxygen atoms in total. The molecule has 0 unspecified atom stereocenters. The molecule has 0 fully saturated rings. The molecule has 0 aliphatic rings. The highest BCUT2D eigenvalue weighted by Crippen LogP contribution is 2.36. The maximum absolute atomic E-state index is 14.3. The third kappa shape index (κ3) is 3.20. The van der Waals surface area contributed by atoms with Crippen LogP contribution in [0.1, 0.15) is 0 Å². The molecular weight excluding hydrogens is 382 g/mol. The standard InChI is InChI=1S/C19H14F2N6O2/c1-29-16-8-11(28)5-6-12(16)10-7-13(18(22)23-9-10)19-24-25-26-27(19)15-4-2-3-14(20)17(15)21/h2-9,28H,1H3,(H2,22,23). The van der Waals surface area contributed by atoms with E-state index in [1.54, 1.807) is 12.1 Å². The summed E-state index contributed by atoms with van der Waals surface area (Å²) >= 11 is 0. The minimum atomic E-state index is -1.09. The van der Waals surface area contributed by atoms with E-state index in [1.165, 1.54) is 37.6 Å². The average Bonchev–Trinajstić information content (AvgIpc) is 3.20. The number of phenolic OH excluding ortho intramolecular Hbond substituents is 1. The Hall–Kier alpha value is -4.08. The minimum Gasteiger partial charge on any atom is -0.508 e. The lowest BCUT2D eigenvalue weighted by Gasteiger charge is -2.12. The van der Waals surface area contributed by atoms with E-state index in [1.807, 2.05) is 0 Å². The SMILES string of the molecule is COc1cc(O)ccc1-c1cnc(N)c(-c2nnnn2-c2cccc(F)c2F)c1. The van der Waals surface area contributed by atoms with E-state index < -0.39 is 11.6 Å². The highest BCUT2D eigenvalue weighted by atomic mass is 19.2. The summed E-state index contributed by atoms with van der Waals surface area (Å²) in [6.07, 6.45) is 1.52. The van der Waals surface area contributed by atoms with Crippen molar-refractivity contribution in [3.8, 4) is 39.7 Å². The number of aromatic nitrogens is 5. The number of halogens is 2. The van der Waals surface area contributed by atoms with E-state index in [0.717, 1.165) is 10.7 Å². The first-order valence-electron chi connectivity index (χ1n) is 8.35. The number of anilines is 1. The maximum Gasteiger partial charge on any atom is 0.190 e. The van der Waals surface area contributed by atoms with E-state index >= 15 is 0 Å². The summed E-state index contributed by atoms with van der Waals surface area (Å²) in [7, 11) is 1.47. The molecule has 0 spiro atoms. The normalized spacial score (nSPS) is 10.9. The first-order chi connectivity index (χ1) is 14.0. The molecule has 4 aromatic rings. The lowest BCUT2D eigenvalue weighted by molar-refractivity contribution is 0.409. The number of ether oxygens (including phenoxy) is 1. The van der Waals surface area contributed by atoms with Crippen LogP contribution in [0.4, 0.5) is 14.6 Å². The topological polar surface area (TPSA) is 112 Å². The predicted molar refractivity (Wildman–Crippen MR) is 100 cm³/mol. The van der Waals surface area contributed by atoms with Crippen molar-refractivity contribution in [1.29, 1.82) is 0 Å². The molecule has 0 amide bonds. The third-order valence-electron chi connectivity index (χ3n) is 4.28. The predicted octanol–water partition coefficient (Wildman–Crippen LogP) is 2.97. The van der Waals surface area contributed by atoms with Gasteiger partial charge in [-0.3, -0.25) is 0 Å². The number of benzene rings is 2. The first-order valence-corrected chi connectivity index (χ1v) is 8.35. The third-order valence-corrected chi connectivity index (χ3v) is 4.28. The fourth-order valence-electron chi connectivity index (χ4n) is 2.89. The van der Waals surface area contributed by atoms with Crippen LogP contribution in [0.15, 0.2) is 48.7 Å². The molecule has 10 heteroatoms. The molecule has 0 saturated carbocycles. The summed E-state index contributed by atoms with van der Waals surface area (Å²) in [6.45, 7) is 0. The molecule has 2 aromatic carbocycles. The Kier molecular flexibility index (Phi) is 4.51. The van der Waals surface area contributed by atoms with Gasteiger partial charge in [-0.05, 0) is 40.8 Å². The van der Waals surface area contributed by atoms with Crippen LogP contribution in [0, 0.1) is 11.6 Å². The summed E-state index contributed by atoms with van der Waals surface area (Å²) in [5.41, 5.74) is 7.38. The van der Waals surface area contributed by atoms with Crippen molar-refractivity contribution in [2.45, 2.75) is 0 Å². The van der Waals surface area contributed by atoms with Crippen molar-refractivity contribution in [3.05, 3.63) is 60.3 Å². The first kappa shape index (κ1) is 18.3. The van der Waals surface area contributed by atoms with Gasteiger partial charge in [0.2, 0.25) is 0 Å². The highest BCUT2D eigenvalue weighted by molar-refractivity contribution is 5.79. The quantitative estimate of drug-likeness (QED) is 0.545. The van der Waals surface area contributed by atoms with Crippen LogP contribution in [0.3, 0.4) is 0 Å². The number of rotatable bonds is 4. The largest absolute Gasteiger partial charge is 0.508 e. The average molecular weight is 396 g/mol. The summed E-state index contributed by atoms with van der Waals surface area (Å²) in [4.78, 5) is 4.17. The molecule has 2 heterocycles. The van der Waals surface area contributed by atoms with E-state index in [9.17, 15) is 13.9 Å². The second-order valence-electron chi connectivity index (χ2n) is 6.03. The Labute approximate surface area is 163 Å². The van der Waals surface area contributed by atoms with Gasteiger partial charge in [-0.1, -0.05) is 6.07 Å².